The van der Waals surface area contributed by atoms with Gasteiger partial charge in [0.2, 0.25) is 0 Å². The average molecular weight is 373 g/mol. The highest BCUT2D eigenvalue weighted by Crippen LogP contribution is 2.52. The molecule has 3 nitrogen and oxygen atoms in total. The predicted molar refractivity (Wildman–Crippen MR) is 114 cm³/mol. The summed E-state index contributed by atoms with van der Waals surface area (Å²) in [6.45, 7) is 7.53. The van der Waals surface area contributed by atoms with Gasteiger partial charge in [-0.25, -0.2) is 0 Å². The molecule has 2 atom stereocenters. The quantitative estimate of drug-likeness (QED) is 0.561. The van der Waals surface area contributed by atoms with Crippen LogP contribution in [0.1, 0.15) is 29.5 Å². The summed E-state index contributed by atoms with van der Waals surface area (Å²) >= 11 is 0. The van der Waals surface area contributed by atoms with Crippen molar-refractivity contribution in [3.05, 3.63) is 83.4 Å². The molecule has 0 bridgehead atoms. The lowest BCUT2D eigenvalue weighted by Gasteiger charge is -2.24. The van der Waals surface area contributed by atoms with Crippen molar-refractivity contribution < 1.29 is 9.53 Å². The maximum Gasteiger partial charge on any atom is 0.313 e. The smallest absolute Gasteiger partial charge is 0.313 e. The Labute approximate surface area is 167 Å². The van der Waals surface area contributed by atoms with Gasteiger partial charge < -0.3 is 10.1 Å². The zero-order valence-corrected chi connectivity index (χ0v) is 16.4. The van der Waals surface area contributed by atoms with Crippen molar-refractivity contribution in [2.75, 3.05) is 18.5 Å². The first kappa shape index (κ1) is 18.5. The van der Waals surface area contributed by atoms with Gasteiger partial charge in [-0.2, -0.15) is 0 Å². The second kappa shape index (κ2) is 7.67. The number of hydrogen-bond donors (Lipinski definition) is 1. The summed E-state index contributed by atoms with van der Waals surface area (Å²) in [5.41, 5.74) is 5.53. The lowest BCUT2D eigenvalue weighted by molar-refractivity contribution is -0.146. The molecule has 2 aliphatic rings. The van der Waals surface area contributed by atoms with Gasteiger partial charge in [-0.05, 0) is 49.4 Å². The largest absolute Gasteiger partial charge is 0.465 e. The molecule has 0 radical (unpaired) electrons. The van der Waals surface area contributed by atoms with Crippen LogP contribution in [0.25, 0.3) is 6.08 Å². The zero-order valence-electron chi connectivity index (χ0n) is 16.4. The van der Waals surface area contributed by atoms with Crippen molar-refractivity contribution in [3.8, 4) is 0 Å². The summed E-state index contributed by atoms with van der Waals surface area (Å²) < 4.78 is 5.38. The molecule has 0 amide bonds. The second-order valence-electron chi connectivity index (χ2n) is 8.15. The van der Waals surface area contributed by atoms with E-state index in [1.807, 2.05) is 0 Å². The van der Waals surface area contributed by atoms with Gasteiger partial charge in [-0.15, -0.1) is 0 Å². The molecule has 1 aliphatic heterocycles. The van der Waals surface area contributed by atoms with Crippen molar-refractivity contribution >= 4 is 17.7 Å². The third-order valence-corrected chi connectivity index (χ3v) is 5.99. The Hall–Kier alpha value is -2.81. The SMILES string of the molecule is C=C1CC2COC(=O)C2(Cc2ccc(NC/C=C/c3ccc(C)cc3)cc2)C1. The number of cyclic esters (lactones) is 1. The van der Waals surface area contributed by atoms with Crippen LogP contribution < -0.4 is 5.32 Å². The van der Waals surface area contributed by atoms with E-state index in [-0.39, 0.29) is 17.3 Å². The minimum Gasteiger partial charge on any atom is -0.465 e. The normalized spacial score (nSPS) is 23.8. The minimum absolute atomic E-state index is 0.0420. The van der Waals surface area contributed by atoms with E-state index in [0.29, 0.717) is 6.61 Å². The molecule has 1 aliphatic carbocycles. The van der Waals surface area contributed by atoms with Crippen LogP contribution in [0.5, 0.6) is 0 Å². The molecule has 4 rings (SSSR count). The number of aryl methyl sites for hydroxylation is 1. The molecule has 2 fully saturated rings. The first-order valence-corrected chi connectivity index (χ1v) is 9.95. The number of rotatable bonds is 6. The van der Waals surface area contributed by atoms with Crippen molar-refractivity contribution in [2.45, 2.75) is 26.2 Å². The first-order valence-electron chi connectivity index (χ1n) is 9.95. The zero-order chi connectivity index (χ0) is 19.6. The van der Waals surface area contributed by atoms with Crippen LogP contribution >= 0.6 is 0 Å². The van der Waals surface area contributed by atoms with Crippen LogP contribution in [0, 0.1) is 18.3 Å². The number of carbonyl (C=O) groups is 1. The molecule has 1 saturated heterocycles. The van der Waals surface area contributed by atoms with E-state index < -0.39 is 0 Å². The van der Waals surface area contributed by atoms with Crippen LogP contribution in [0.2, 0.25) is 0 Å². The Balaban J connectivity index is 1.34. The molecule has 2 unspecified atom stereocenters. The van der Waals surface area contributed by atoms with Gasteiger partial charge in [0.25, 0.3) is 0 Å². The number of fused-ring (bicyclic) bond motifs is 1. The van der Waals surface area contributed by atoms with E-state index in [1.54, 1.807) is 0 Å². The fourth-order valence-electron chi connectivity index (χ4n) is 4.42. The number of nitrogens with one attached hydrogen (secondary N) is 1. The summed E-state index contributed by atoms with van der Waals surface area (Å²) in [4.78, 5) is 12.4. The van der Waals surface area contributed by atoms with Gasteiger partial charge in [0.05, 0.1) is 12.0 Å². The summed E-state index contributed by atoms with van der Waals surface area (Å²) in [5.74, 6) is 0.247. The van der Waals surface area contributed by atoms with Gasteiger partial charge in [-0.1, -0.05) is 66.3 Å². The number of allylic oxidation sites excluding steroid dienone is 1. The number of hydrogen-bond acceptors (Lipinski definition) is 3. The Bertz CT molecular complexity index is 895. The van der Waals surface area contributed by atoms with Crippen molar-refractivity contribution in [2.24, 2.45) is 11.3 Å². The molecule has 2 aromatic rings. The Morgan fingerprint density at radius 3 is 2.68 bits per heavy atom. The fraction of sp³-hybridized carbons (Fsp3) is 0.320. The standard InChI is InChI=1S/C25H27NO2/c1-18-5-7-20(8-6-18)4-3-13-26-23-11-9-21(10-12-23)16-25-15-19(2)14-22(25)17-28-24(25)27/h3-12,22,26H,2,13-17H2,1H3/b4-3+. The minimum atomic E-state index is -0.386. The van der Waals surface area contributed by atoms with E-state index in [1.165, 1.54) is 22.3 Å². The number of carbonyl (C=O) groups excluding carboxylic acids is 1. The topological polar surface area (TPSA) is 38.3 Å². The summed E-state index contributed by atoms with van der Waals surface area (Å²) in [7, 11) is 0. The number of ether oxygens (including phenoxy) is 1. The number of benzene rings is 2. The summed E-state index contributed by atoms with van der Waals surface area (Å²) in [6.07, 6.45) is 6.67. The Morgan fingerprint density at radius 2 is 1.93 bits per heavy atom. The first-order chi connectivity index (χ1) is 13.5. The molecular formula is C25H27NO2. The highest BCUT2D eigenvalue weighted by molar-refractivity contribution is 5.81. The van der Waals surface area contributed by atoms with E-state index in [2.05, 4.69) is 79.5 Å². The molecule has 0 spiro atoms. The highest BCUT2D eigenvalue weighted by atomic mass is 16.5. The van der Waals surface area contributed by atoms with Crippen molar-refractivity contribution in [3.63, 3.8) is 0 Å². The van der Waals surface area contributed by atoms with Crippen LogP contribution in [-0.2, 0) is 16.0 Å². The van der Waals surface area contributed by atoms with Gasteiger partial charge in [0, 0.05) is 18.2 Å². The van der Waals surface area contributed by atoms with Crippen LogP contribution in [0.3, 0.4) is 0 Å². The van der Waals surface area contributed by atoms with Crippen LogP contribution in [0.4, 0.5) is 5.69 Å². The van der Waals surface area contributed by atoms with Crippen LogP contribution in [-0.4, -0.2) is 19.1 Å². The number of esters is 1. The summed E-state index contributed by atoms with van der Waals surface area (Å²) in [6, 6.07) is 16.9. The third kappa shape index (κ3) is 3.75. The molecule has 28 heavy (non-hydrogen) atoms. The van der Waals surface area contributed by atoms with Crippen LogP contribution in [0.15, 0.2) is 66.8 Å². The fourth-order valence-corrected chi connectivity index (χ4v) is 4.42. The molecule has 1 heterocycles. The van der Waals surface area contributed by atoms with E-state index in [9.17, 15) is 4.79 Å². The molecule has 2 aromatic carbocycles. The third-order valence-electron chi connectivity index (χ3n) is 5.99. The summed E-state index contributed by atoms with van der Waals surface area (Å²) in [5, 5.41) is 3.42. The number of anilines is 1. The molecule has 0 aromatic heterocycles. The second-order valence-corrected chi connectivity index (χ2v) is 8.15. The Kier molecular flexibility index (Phi) is 5.08. The van der Waals surface area contributed by atoms with E-state index in [4.69, 9.17) is 4.74 Å². The van der Waals surface area contributed by atoms with Gasteiger partial charge in [0.1, 0.15) is 0 Å². The molecule has 1 N–H and O–H groups in total. The lowest BCUT2D eigenvalue weighted by Crippen LogP contribution is -2.31. The monoisotopic (exact) mass is 373 g/mol. The van der Waals surface area contributed by atoms with Crippen molar-refractivity contribution in [1.82, 2.24) is 0 Å². The molecule has 144 valence electrons. The highest BCUT2D eigenvalue weighted by Gasteiger charge is 2.55. The average Bonchev–Trinajstić information content (AvgIpc) is 3.16. The maximum absolute atomic E-state index is 12.4. The van der Waals surface area contributed by atoms with E-state index in [0.717, 1.165) is 31.5 Å². The molecule has 1 saturated carbocycles. The molecule has 3 heteroatoms. The van der Waals surface area contributed by atoms with Gasteiger partial charge in [0.15, 0.2) is 0 Å². The predicted octanol–water partition coefficient (Wildman–Crippen LogP) is 5.17. The Morgan fingerprint density at radius 1 is 1.18 bits per heavy atom. The van der Waals surface area contributed by atoms with Gasteiger partial charge in [-0.3, -0.25) is 4.79 Å². The van der Waals surface area contributed by atoms with Gasteiger partial charge >= 0.3 is 5.97 Å². The lowest BCUT2D eigenvalue weighted by atomic mass is 9.75. The molecular weight excluding hydrogens is 346 g/mol. The van der Waals surface area contributed by atoms with Crippen molar-refractivity contribution in [1.29, 1.82) is 0 Å². The maximum atomic E-state index is 12.4. The van der Waals surface area contributed by atoms with E-state index >= 15 is 0 Å².